The SMILES string of the molecule is COc1cccc(-c2c(C)c(Cc3ccccc3F)c3n(c2=O)C(CN(C)CCCN(C)C)CS3)c1F. The standard InChI is InChI=1S/C29H35F2N3O2S/c1-19-23(16-20-10-6-7-12-24(20)30)29-34(21(18-37-29)17-33(4)15-9-14-32(2)3)28(35)26(19)22-11-8-13-25(36-5)27(22)31/h6-8,10-13,21H,9,14-18H2,1-5H3. The summed E-state index contributed by atoms with van der Waals surface area (Å²) >= 11 is 1.63. The molecular formula is C29H35F2N3O2S. The Kier molecular flexibility index (Phi) is 8.72. The lowest BCUT2D eigenvalue weighted by molar-refractivity contribution is 0.265. The van der Waals surface area contributed by atoms with Crippen molar-refractivity contribution in [2.24, 2.45) is 0 Å². The van der Waals surface area contributed by atoms with Crippen molar-refractivity contribution in [2.75, 3.05) is 53.6 Å². The fourth-order valence-electron chi connectivity index (χ4n) is 5.03. The molecule has 198 valence electrons. The molecule has 0 saturated carbocycles. The summed E-state index contributed by atoms with van der Waals surface area (Å²) in [6, 6.07) is 11.5. The van der Waals surface area contributed by atoms with E-state index in [2.05, 4.69) is 30.9 Å². The number of likely N-dealkylation sites (N-methyl/N-ethyl adjacent to an activating group) is 1. The van der Waals surface area contributed by atoms with E-state index in [1.807, 2.05) is 17.6 Å². The lowest BCUT2D eigenvalue weighted by Crippen LogP contribution is -2.35. The van der Waals surface area contributed by atoms with Crippen LogP contribution in [0.2, 0.25) is 0 Å². The maximum Gasteiger partial charge on any atom is 0.260 e. The molecule has 0 saturated heterocycles. The molecule has 2 aromatic carbocycles. The van der Waals surface area contributed by atoms with E-state index >= 15 is 4.39 Å². The van der Waals surface area contributed by atoms with Crippen molar-refractivity contribution in [3.8, 4) is 16.9 Å². The zero-order chi connectivity index (χ0) is 26.7. The molecule has 1 aliphatic rings. The van der Waals surface area contributed by atoms with E-state index in [4.69, 9.17) is 4.74 Å². The number of fused-ring (bicyclic) bond motifs is 1. The number of hydrogen-bond donors (Lipinski definition) is 0. The van der Waals surface area contributed by atoms with Crippen LogP contribution >= 0.6 is 11.8 Å². The fraction of sp³-hybridized carbons (Fsp3) is 0.414. The summed E-state index contributed by atoms with van der Waals surface area (Å²) in [4.78, 5) is 18.5. The summed E-state index contributed by atoms with van der Waals surface area (Å²) < 4.78 is 37.2. The molecule has 0 fully saturated rings. The van der Waals surface area contributed by atoms with Crippen molar-refractivity contribution in [2.45, 2.75) is 30.8 Å². The van der Waals surface area contributed by atoms with Crippen LogP contribution in [0.5, 0.6) is 5.75 Å². The van der Waals surface area contributed by atoms with Gasteiger partial charge in [-0.05, 0) is 76.4 Å². The molecule has 0 spiro atoms. The predicted molar refractivity (Wildman–Crippen MR) is 147 cm³/mol. The molecule has 2 heterocycles. The number of thioether (sulfide) groups is 1. The molecule has 1 atom stereocenters. The Hall–Kier alpha value is -2.68. The van der Waals surface area contributed by atoms with E-state index in [1.165, 1.54) is 13.2 Å². The average molecular weight is 528 g/mol. The van der Waals surface area contributed by atoms with Gasteiger partial charge >= 0.3 is 0 Å². The van der Waals surface area contributed by atoms with Crippen LogP contribution in [0.15, 0.2) is 52.3 Å². The summed E-state index contributed by atoms with van der Waals surface area (Å²) in [5, 5.41) is 0.851. The minimum Gasteiger partial charge on any atom is -0.494 e. The molecule has 0 amide bonds. The van der Waals surface area contributed by atoms with Gasteiger partial charge in [-0.3, -0.25) is 9.36 Å². The van der Waals surface area contributed by atoms with Gasteiger partial charge in [0.25, 0.3) is 5.56 Å². The highest BCUT2D eigenvalue weighted by atomic mass is 32.2. The van der Waals surface area contributed by atoms with Crippen molar-refractivity contribution < 1.29 is 13.5 Å². The topological polar surface area (TPSA) is 37.7 Å². The maximum atomic E-state index is 15.5. The van der Waals surface area contributed by atoms with E-state index in [1.54, 1.807) is 42.1 Å². The van der Waals surface area contributed by atoms with Crippen molar-refractivity contribution in [1.82, 2.24) is 14.4 Å². The number of ether oxygens (including phenoxy) is 1. The molecule has 4 rings (SSSR count). The van der Waals surface area contributed by atoms with E-state index in [-0.39, 0.29) is 28.7 Å². The van der Waals surface area contributed by atoms with Gasteiger partial charge in [0.1, 0.15) is 5.82 Å². The monoisotopic (exact) mass is 527 g/mol. The van der Waals surface area contributed by atoms with E-state index in [0.29, 0.717) is 29.7 Å². The molecule has 1 aromatic heterocycles. The van der Waals surface area contributed by atoms with Crippen LogP contribution in [-0.2, 0) is 6.42 Å². The first-order valence-electron chi connectivity index (χ1n) is 12.5. The molecule has 1 unspecified atom stereocenters. The minimum absolute atomic E-state index is 0.0655. The third-order valence-electron chi connectivity index (χ3n) is 6.96. The van der Waals surface area contributed by atoms with E-state index in [0.717, 1.165) is 35.9 Å². The largest absolute Gasteiger partial charge is 0.494 e. The molecule has 5 nitrogen and oxygen atoms in total. The zero-order valence-electron chi connectivity index (χ0n) is 22.2. The first-order valence-corrected chi connectivity index (χ1v) is 13.5. The second-order valence-electron chi connectivity index (χ2n) is 9.93. The van der Waals surface area contributed by atoms with Crippen LogP contribution in [0.3, 0.4) is 0 Å². The second-order valence-corrected chi connectivity index (χ2v) is 10.9. The number of methoxy groups -OCH3 is 1. The minimum atomic E-state index is -0.564. The van der Waals surface area contributed by atoms with E-state index < -0.39 is 5.82 Å². The lowest BCUT2D eigenvalue weighted by Gasteiger charge is -2.25. The molecular weight excluding hydrogens is 492 g/mol. The summed E-state index contributed by atoms with van der Waals surface area (Å²) in [5.74, 6) is -0.0307. The number of nitrogens with zero attached hydrogens (tertiary/aromatic N) is 3. The average Bonchev–Trinajstić information content (AvgIpc) is 3.27. The molecule has 1 aliphatic heterocycles. The third kappa shape index (κ3) is 5.76. The van der Waals surface area contributed by atoms with Gasteiger partial charge in [-0.1, -0.05) is 30.3 Å². The molecule has 0 bridgehead atoms. The van der Waals surface area contributed by atoms with Gasteiger partial charge in [0.05, 0.1) is 23.7 Å². The van der Waals surface area contributed by atoms with Crippen molar-refractivity contribution >= 4 is 11.8 Å². The Morgan fingerprint density at radius 1 is 1.08 bits per heavy atom. The zero-order valence-corrected chi connectivity index (χ0v) is 23.0. The first kappa shape index (κ1) is 27.4. The third-order valence-corrected chi connectivity index (χ3v) is 8.23. The number of aromatic nitrogens is 1. The van der Waals surface area contributed by atoms with Crippen molar-refractivity contribution in [3.05, 3.63) is 81.1 Å². The van der Waals surface area contributed by atoms with Crippen LogP contribution in [0, 0.1) is 18.6 Å². The highest BCUT2D eigenvalue weighted by Gasteiger charge is 2.32. The lowest BCUT2D eigenvalue weighted by atomic mass is 9.94. The summed E-state index contributed by atoms with van der Waals surface area (Å²) in [5.41, 5.74) is 2.41. The Balaban J connectivity index is 1.82. The Morgan fingerprint density at radius 2 is 1.84 bits per heavy atom. The van der Waals surface area contributed by atoms with Gasteiger partial charge in [-0.25, -0.2) is 8.78 Å². The summed E-state index contributed by atoms with van der Waals surface area (Å²) in [7, 11) is 7.59. The molecule has 0 radical (unpaired) electrons. The van der Waals surface area contributed by atoms with Crippen molar-refractivity contribution in [3.63, 3.8) is 0 Å². The van der Waals surface area contributed by atoms with Gasteiger partial charge in [-0.15, -0.1) is 11.8 Å². The van der Waals surface area contributed by atoms with Gasteiger partial charge in [0, 0.05) is 24.3 Å². The highest BCUT2D eigenvalue weighted by molar-refractivity contribution is 7.99. The molecule has 3 aromatic rings. The Morgan fingerprint density at radius 3 is 2.54 bits per heavy atom. The molecule has 37 heavy (non-hydrogen) atoms. The van der Waals surface area contributed by atoms with E-state index in [9.17, 15) is 9.18 Å². The summed E-state index contributed by atoms with van der Waals surface area (Å²) in [6.45, 7) is 4.45. The normalized spacial score (nSPS) is 15.0. The maximum absolute atomic E-state index is 15.5. The predicted octanol–water partition coefficient (Wildman–Crippen LogP) is 5.23. The molecule has 8 heteroatoms. The number of halogens is 2. The fourth-order valence-corrected chi connectivity index (χ4v) is 6.40. The van der Waals surface area contributed by atoms with Crippen LogP contribution in [0.25, 0.3) is 11.1 Å². The van der Waals surface area contributed by atoms with Crippen LogP contribution in [0.4, 0.5) is 8.78 Å². The smallest absolute Gasteiger partial charge is 0.260 e. The van der Waals surface area contributed by atoms with Crippen molar-refractivity contribution in [1.29, 1.82) is 0 Å². The van der Waals surface area contributed by atoms with Crippen LogP contribution < -0.4 is 10.3 Å². The van der Waals surface area contributed by atoms with Crippen LogP contribution in [0.1, 0.15) is 29.2 Å². The Labute approximate surface area is 222 Å². The quantitative estimate of drug-likeness (QED) is 0.361. The molecule has 0 aliphatic carbocycles. The number of pyridine rings is 1. The van der Waals surface area contributed by atoms with Gasteiger partial charge < -0.3 is 14.5 Å². The first-order chi connectivity index (χ1) is 17.7. The van der Waals surface area contributed by atoms with Gasteiger partial charge in [0.2, 0.25) is 0 Å². The summed E-state index contributed by atoms with van der Waals surface area (Å²) in [6.07, 6.45) is 1.35. The highest BCUT2D eigenvalue weighted by Crippen LogP contribution is 2.40. The molecule has 0 N–H and O–H groups in total. The van der Waals surface area contributed by atoms with Gasteiger partial charge in [-0.2, -0.15) is 0 Å². The van der Waals surface area contributed by atoms with Crippen LogP contribution in [-0.4, -0.2) is 68.0 Å². The Bertz CT molecular complexity index is 1330. The van der Waals surface area contributed by atoms with Gasteiger partial charge in [0.15, 0.2) is 11.6 Å². The number of benzene rings is 2. The number of hydrogen-bond acceptors (Lipinski definition) is 5. The second kappa shape index (κ2) is 11.8. The number of rotatable bonds is 10.